The lowest BCUT2D eigenvalue weighted by molar-refractivity contribution is -0.870. The van der Waals surface area contributed by atoms with Crippen molar-refractivity contribution >= 4 is 13.8 Å². The minimum atomic E-state index is -4.28. The molecular weight excluding hydrogens is 878 g/mol. The summed E-state index contributed by atoms with van der Waals surface area (Å²) < 4.78 is 35.3. The fraction of sp³-hybridized carbons (Fsp3) is 0.917. The zero-order valence-corrected chi connectivity index (χ0v) is 47.7. The molecule has 0 aliphatic heterocycles. The summed E-state index contributed by atoms with van der Waals surface area (Å²) in [5.41, 5.74) is 0. The molecule has 0 heterocycles. The molecule has 0 fully saturated rings. The van der Waals surface area contributed by atoms with Crippen LogP contribution < -0.4 is 0 Å². The molecule has 9 heteroatoms. The van der Waals surface area contributed by atoms with E-state index in [2.05, 4.69) is 38.2 Å². The Balaban J connectivity index is 4.01. The van der Waals surface area contributed by atoms with Gasteiger partial charge < -0.3 is 18.9 Å². The monoisotopic (exact) mass is 997 g/mol. The van der Waals surface area contributed by atoms with Crippen LogP contribution in [0.15, 0.2) is 24.3 Å². The smallest absolute Gasteiger partial charge is 0.457 e. The van der Waals surface area contributed by atoms with E-state index in [1.807, 2.05) is 21.1 Å². The molecule has 69 heavy (non-hydrogen) atoms. The van der Waals surface area contributed by atoms with Gasteiger partial charge in [-0.1, -0.05) is 269 Å². The molecule has 410 valence electrons. The van der Waals surface area contributed by atoms with Gasteiger partial charge >= 0.3 is 13.8 Å². The highest BCUT2D eigenvalue weighted by atomic mass is 31.2. The van der Waals surface area contributed by atoms with Crippen molar-refractivity contribution in [3.05, 3.63) is 24.3 Å². The van der Waals surface area contributed by atoms with E-state index in [0.29, 0.717) is 24.1 Å². The quantitative estimate of drug-likeness (QED) is 0.0213. The highest BCUT2D eigenvalue weighted by molar-refractivity contribution is 7.47. The Morgan fingerprint density at radius 2 is 0.797 bits per heavy atom. The fourth-order valence-corrected chi connectivity index (χ4v) is 9.62. The van der Waals surface area contributed by atoms with Crippen molar-refractivity contribution < 1.29 is 37.3 Å². The largest absolute Gasteiger partial charge is 0.472 e. The lowest BCUT2D eigenvalue weighted by atomic mass is 10.0. The number of quaternary nitrogens is 1. The van der Waals surface area contributed by atoms with E-state index in [1.165, 1.54) is 238 Å². The molecule has 0 saturated heterocycles. The van der Waals surface area contributed by atoms with Gasteiger partial charge in [0.25, 0.3) is 0 Å². The maximum atomic E-state index is 12.8. The summed E-state index contributed by atoms with van der Waals surface area (Å²) in [4.78, 5) is 23.1. The molecule has 0 radical (unpaired) electrons. The van der Waals surface area contributed by atoms with E-state index in [4.69, 9.17) is 18.5 Å². The second-order valence-electron chi connectivity index (χ2n) is 21.7. The Hall–Kier alpha value is -1.02. The first-order valence-corrected chi connectivity index (χ1v) is 31.6. The molecule has 0 aliphatic carbocycles. The van der Waals surface area contributed by atoms with Gasteiger partial charge in [-0.2, -0.15) is 0 Å². The first kappa shape index (κ1) is 68.0. The lowest BCUT2D eigenvalue weighted by Crippen LogP contribution is -2.37. The number of nitrogens with zero attached hydrogens (tertiary/aromatic N) is 1. The van der Waals surface area contributed by atoms with Crippen molar-refractivity contribution in [2.24, 2.45) is 0 Å². The predicted octanol–water partition coefficient (Wildman–Crippen LogP) is 19.1. The average molecular weight is 998 g/mol. The number of allylic oxidation sites excluding steroid dienone is 4. The first-order valence-electron chi connectivity index (χ1n) is 30.1. The molecule has 2 unspecified atom stereocenters. The van der Waals surface area contributed by atoms with Crippen molar-refractivity contribution in [3.8, 4) is 0 Å². The summed E-state index contributed by atoms with van der Waals surface area (Å²) in [5, 5.41) is 0. The molecule has 0 saturated carbocycles. The van der Waals surface area contributed by atoms with Crippen LogP contribution >= 0.6 is 7.82 Å². The minimum absolute atomic E-state index is 0.0907. The first-order chi connectivity index (χ1) is 33.6. The van der Waals surface area contributed by atoms with Crippen LogP contribution in [-0.2, 0) is 27.9 Å². The highest BCUT2D eigenvalue weighted by Gasteiger charge is 2.26. The van der Waals surface area contributed by atoms with E-state index < -0.39 is 13.9 Å². The van der Waals surface area contributed by atoms with Crippen LogP contribution in [0.5, 0.6) is 0 Å². The third-order valence-corrected chi connectivity index (χ3v) is 14.5. The third-order valence-electron chi connectivity index (χ3n) is 13.5. The van der Waals surface area contributed by atoms with Crippen molar-refractivity contribution in [1.29, 1.82) is 0 Å². The number of likely N-dealkylation sites (N-methyl/N-ethyl adjacent to an activating group) is 1. The second-order valence-corrected chi connectivity index (χ2v) is 23.2. The Kier molecular flexibility index (Phi) is 52.5. The maximum Gasteiger partial charge on any atom is 0.472 e. The number of phosphoric acid groups is 1. The van der Waals surface area contributed by atoms with E-state index in [-0.39, 0.29) is 25.8 Å². The van der Waals surface area contributed by atoms with Gasteiger partial charge in [0.1, 0.15) is 19.3 Å². The third kappa shape index (κ3) is 57.8. The highest BCUT2D eigenvalue weighted by Crippen LogP contribution is 2.43. The average Bonchev–Trinajstić information content (AvgIpc) is 3.31. The molecule has 0 aliphatic rings. The molecule has 0 aromatic carbocycles. The zero-order chi connectivity index (χ0) is 50.5. The van der Waals surface area contributed by atoms with Crippen LogP contribution in [0.2, 0.25) is 0 Å². The van der Waals surface area contributed by atoms with Crippen molar-refractivity contribution in [2.75, 3.05) is 54.1 Å². The number of hydrogen-bond acceptors (Lipinski definition) is 6. The molecule has 0 rings (SSSR count). The van der Waals surface area contributed by atoms with Gasteiger partial charge in [-0.15, -0.1) is 0 Å². The minimum Gasteiger partial charge on any atom is -0.457 e. The Labute approximate surface area is 430 Å². The van der Waals surface area contributed by atoms with Crippen LogP contribution in [0.3, 0.4) is 0 Å². The van der Waals surface area contributed by atoms with Crippen LogP contribution in [0.1, 0.15) is 296 Å². The number of ether oxygens (including phenoxy) is 2. The van der Waals surface area contributed by atoms with Crippen molar-refractivity contribution in [3.63, 3.8) is 0 Å². The van der Waals surface area contributed by atoms with Gasteiger partial charge in [-0.25, -0.2) is 4.57 Å². The maximum absolute atomic E-state index is 12.8. The van der Waals surface area contributed by atoms with Crippen LogP contribution in [0.4, 0.5) is 0 Å². The predicted molar refractivity (Wildman–Crippen MR) is 298 cm³/mol. The number of rotatable bonds is 57. The van der Waals surface area contributed by atoms with Gasteiger partial charge in [-0.3, -0.25) is 13.8 Å². The van der Waals surface area contributed by atoms with Crippen LogP contribution in [0, 0.1) is 0 Å². The van der Waals surface area contributed by atoms with E-state index in [9.17, 15) is 14.3 Å². The van der Waals surface area contributed by atoms with Crippen molar-refractivity contribution in [1.82, 2.24) is 0 Å². The van der Waals surface area contributed by atoms with Crippen LogP contribution in [-0.4, -0.2) is 75.6 Å². The lowest BCUT2D eigenvalue weighted by Gasteiger charge is -2.24. The summed E-state index contributed by atoms with van der Waals surface area (Å²) in [7, 11) is 1.68. The van der Waals surface area contributed by atoms with Crippen LogP contribution in [0.25, 0.3) is 0 Å². The van der Waals surface area contributed by atoms with Crippen molar-refractivity contribution in [2.45, 2.75) is 302 Å². The number of carbonyl (C=O) groups is 1. The molecular formula is C60H119NO7P+. The standard InChI is InChI=1S/C60H118NO7P/c1-6-8-10-12-14-16-18-20-22-24-26-28-30-31-32-33-35-37-39-41-43-45-47-49-51-53-60(62)68-59(58-67-69(63,64)66-56-54-61(3,4)5)57-65-55-52-50-48-46-44-42-40-38-36-34-29-27-25-23-21-19-17-15-13-11-9-7-2/h19,21,25,27,59H,6-18,20,22-24,26,28-58H2,1-5H3/p+1/b21-19-,27-25-. The number of carbonyl (C=O) groups excluding carboxylic acids is 1. The zero-order valence-electron chi connectivity index (χ0n) is 46.8. The second kappa shape index (κ2) is 53.3. The number of unbranched alkanes of at least 4 members (excludes halogenated alkanes) is 39. The Morgan fingerprint density at radius 1 is 0.449 bits per heavy atom. The van der Waals surface area contributed by atoms with E-state index in [1.54, 1.807) is 0 Å². The van der Waals surface area contributed by atoms with E-state index in [0.717, 1.165) is 38.5 Å². The molecule has 0 aromatic rings. The molecule has 0 amide bonds. The SMILES string of the molecule is CCCCCCC/C=C\C/C=C\CCCCCCCCCCCCOCC(COP(=O)(O)OCC[N+](C)(C)C)OC(=O)CCCCCCCCCCCCCCCCCCCCCCCCCCC. The summed E-state index contributed by atoms with van der Waals surface area (Å²) >= 11 is 0. The van der Waals surface area contributed by atoms with Gasteiger partial charge in [-0.05, 0) is 44.9 Å². The molecule has 1 N–H and O–H groups in total. The topological polar surface area (TPSA) is 91.3 Å². The van der Waals surface area contributed by atoms with Gasteiger partial charge in [0.15, 0.2) is 0 Å². The summed E-state index contributed by atoms with van der Waals surface area (Å²) in [6.07, 6.45) is 65.3. The molecule has 0 spiro atoms. The number of phosphoric ester groups is 1. The summed E-state index contributed by atoms with van der Waals surface area (Å²) in [6.45, 7) is 5.68. The Morgan fingerprint density at radius 3 is 1.17 bits per heavy atom. The molecule has 0 bridgehead atoms. The number of hydrogen-bond donors (Lipinski definition) is 1. The molecule has 0 aromatic heterocycles. The molecule has 8 nitrogen and oxygen atoms in total. The number of esters is 1. The van der Waals surface area contributed by atoms with Gasteiger partial charge in [0.05, 0.1) is 34.4 Å². The van der Waals surface area contributed by atoms with E-state index >= 15 is 0 Å². The summed E-state index contributed by atoms with van der Waals surface area (Å²) in [5.74, 6) is -0.307. The molecule has 2 atom stereocenters. The van der Waals surface area contributed by atoms with Gasteiger partial charge in [0.2, 0.25) is 0 Å². The Bertz CT molecular complexity index is 1160. The summed E-state index contributed by atoms with van der Waals surface area (Å²) in [6, 6.07) is 0. The normalized spacial score (nSPS) is 13.5. The van der Waals surface area contributed by atoms with Gasteiger partial charge in [0, 0.05) is 13.0 Å². The fourth-order valence-electron chi connectivity index (χ4n) is 8.88.